The summed E-state index contributed by atoms with van der Waals surface area (Å²) >= 11 is 0. The lowest BCUT2D eigenvalue weighted by Crippen LogP contribution is -1.95. The van der Waals surface area contributed by atoms with Crippen molar-refractivity contribution in [3.8, 4) is 44.5 Å². The lowest BCUT2D eigenvalue weighted by molar-refractivity contribution is 1.50. The van der Waals surface area contributed by atoms with E-state index < -0.39 is 0 Å². The monoisotopic (exact) mass is 654 g/mol. The summed E-state index contributed by atoms with van der Waals surface area (Å²) in [4.78, 5) is 0. The van der Waals surface area contributed by atoms with Gasteiger partial charge in [0.05, 0.1) is 0 Å². The maximum atomic E-state index is 4.05. The Bertz CT molecular complexity index is 2500. The highest BCUT2D eigenvalue weighted by Crippen LogP contribution is 2.46. The first kappa shape index (κ1) is 33.3. The van der Waals surface area contributed by atoms with E-state index in [-0.39, 0.29) is 0 Å². The molecule has 0 radical (unpaired) electrons. The fraction of sp³-hybridized carbons (Fsp3) is 0.0588. The van der Waals surface area contributed by atoms with Gasteiger partial charge in [-0.1, -0.05) is 190 Å². The Morgan fingerprint density at radius 2 is 1.00 bits per heavy atom. The van der Waals surface area contributed by atoms with Gasteiger partial charge in [0.15, 0.2) is 0 Å². The van der Waals surface area contributed by atoms with Gasteiger partial charge >= 0.3 is 0 Å². The SMILES string of the molecule is C=C/C=C(\C=C/C)c1c2ccccc2c(-c2cc(-c3cccc(-c4ccccc4)c3)ccc2-c2ccc3ccccc3c2)c2ccccc12.CC. The summed E-state index contributed by atoms with van der Waals surface area (Å²) in [7, 11) is 0. The minimum absolute atomic E-state index is 1.15. The summed E-state index contributed by atoms with van der Waals surface area (Å²) in [6.45, 7) is 10.1. The smallest absolute Gasteiger partial charge is 0.00199 e. The second kappa shape index (κ2) is 15.1. The molecule has 0 aliphatic heterocycles. The minimum Gasteiger partial charge on any atom is -0.0990 e. The highest BCUT2D eigenvalue weighted by atomic mass is 14.2. The largest absolute Gasteiger partial charge is 0.0990 e. The Balaban J connectivity index is 0.00000200. The molecule has 0 atom stereocenters. The maximum absolute atomic E-state index is 4.05. The zero-order valence-corrected chi connectivity index (χ0v) is 29.6. The molecule has 0 heterocycles. The Morgan fingerprint density at radius 1 is 0.451 bits per heavy atom. The topological polar surface area (TPSA) is 0 Å². The van der Waals surface area contributed by atoms with Crippen LogP contribution in [0.4, 0.5) is 0 Å². The molecular formula is C51H42. The van der Waals surface area contributed by atoms with Crippen LogP contribution in [-0.4, -0.2) is 0 Å². The van der Waals surface area contributed by atoms with Gasteiger partial charge in [0.25, 0.3) is 0 Å². The highest BCUT2D eigenvalue weighted by molar-refractivity contribution is 6.21. The second-order valence-corrected chi connectivity index (χ2v) is 12.5. The average molecular weight is 655 g/mol. The van der Waals surface area contributed by atoms with Gasteiger partial charge in [0.1, 0.15) is 0 Å². The van der Waals surface area contributed by atoms with Crippen LogP contribution in [0, 0.1) is 0 Å². The molecule has 8 aromatic rings. The molecule has 8 aromatic carbocycles. The molecular weight excluding hydrogens is 613 g/mol. The minimum atomic E-state index is 1.15. The van der Waals surface area contributed by atoms with E-state index in [2.05, 4.69) is 196 Å². The van der Waals surface area contributed by atoms with Gasteiger partial charge in [-0.25, -0.2) is 0 Å². The summed E-state index contributed by atoms with van der Waals surface area (Å²) in [5.41, 5.74) is 12.1. The Hall–Kier alpha value is -6.24. The summed E-state index contributed by atoms with van der Waals surface area (Å²) in [5, 5.41) is 7.39. The molecule has 0 aromatic heterocycles. The molecule has 0 saturated heterocycles. The van der Waals surface area contributed by atoms with Gasteiger partial charge in [0.2, 0.25) is 0 Å². The van der Waals surface area contributed by atoms with Crippen LogP contribution in [0.15, 0.2) is 195 Å². The van der Waals surface area contributed by atoms with E-state index in [9.17, 15) is 0 Å². The molecule has 0 amide bonds. The molecule has 0 fully saturated rings. The number of hydrogen-bond donors (Lipinski definition) is 0. The molecule has 0 bridgehead atoms. The summed E-state index contributed by atoms with van der Waals surface area (Å²) in [5.74, 6) is 0. The van der Waals surface area contributed by atoms with Crippen molar-refractivity contribution in [1.82, 2.24) is 0 Å². The van der Waals surface area contributed by atoms with E-state index in [0.29, 0.717) is 0 Å². The van der Waals surface area contributed by atoms with Crippen molar-refractivity contribution in [2.45, 2.75) is 20.8 Å². The number of allylic oxidation sites excluding steroid dienone is 5. The molecule has 0 aliphatic rings. The molecule has 0 N–H and O–H groups in total. The molecule has 0 saturated carbocycles. The van der Waals surface area contributed by atoms with Gasteiger partial charge in [-0.2, -0.15) is 0 Å². The zero-order chi connectivity index (χ0) is 35.2. The van der Waals surface area contributed by atoms with Crippen molar-refractivity contribution in [1.29, 1.82) is 0 Å². The van der Waals surface area contributed by atoms with E-state index in [1.54, 1.807) is 0 Å². The number of hydrogen-bond acceptors (Lipinski definition) is 0. The first-order valence-electron chi connectivity index (χ1n) is 17.9. The van der Waals surface area contributed by atoms with Crippen LogP contribution in [0.3, 0.4) is 0 Å². The third-order valence-electron chi connectivity index (χ3n) is 9.52. The zero-order valence-electron chi connectivity index (χ0n) is 29.6. The van der Waals surface area contributed by atoms with Gasteiger partial charge in [-0.05, 0) is 113 Å². The number of benzene rings is 8. The van der Waals surface area contributed by atoms with Crippen LogP contribution >= 0.6 is 0 Å². The molecule has 0 aliphatic carbocycles. The lowest BCUT2D eigenvalue weighted by Gasteiger charge is -2.21. The second-order valence-electron chi connectivity index (χ2n) is 12.5. The van der Waals surface area contributed by atoms with Crippen molar-refractivity contribution >= 4 is 37.9 Å². The maximum Gasteiger partial charge on any atom is -0.00199 e. The third kappa shape index (κ3) is 6.45. The molecule has 0 spiro atoms. The van der Waals surface area contributed by atoms with E-state index in [1.165, 1.54) is 82.4 Å². The quantitative estimate of drug-likeness (QED) is 0.118. The molecule has 0 heteroatoms. The number of fused-ring (bicyclic) bond motifs is 3. The van der Waals surface area contributed by atoms with Crippen LogP contribution in [0.2, 0.25) is 0 Å². The Labute approximate surface area is 302 Å². The van der Waals surface area contributed by atoms with Crippen molar-refractivity contribution in [2.24, 2.45) is 0 Å². The Morgan fingerprint density at radius 3 is 1.67 bits per heavy atom. The van der Waals surface area contributed by atoms with Gasteiger partial charge in [-0.3, -0.25) is 0 Å². The van der Waals surface area contributed by atoms with Gasteiger partial charge in [-0.15, -0.1) is 0 Å². The van der Waals surface area contributed by atoms with Gasteiger partial charge in [0, 0.05) is 0 Å². The van der Waals surface area contributed by atoms with Crippen LogP contribution in [0.25, 0.3) is 82.4 Å². The van der Waals surface area contributed by atoms with Gasteiger partial charge < -0.3 is 0 Å². The lowest BCUT2D eigenvalue weighted by atomic mass is 9.82. The van der Waals surface area contributed by atoms with Crippen molar-refractivity contribution in [3.05, 3.63) is 200 Å². The first-order chi connectivity index (χ1) is 25.2. The molecule has 51 heavy (non-hydrogen) atoms. The summed E-state index contributed by atoms with van der Waals surface area (Å²) in [6, 6.07) is 59.8. The van der Waals surface area contributed by atoms with E-state index >= 15 is 0 Å². The molecule has 0 nitrogen and oxygen atoms in total. The molecule has 8 rings (SSSR count). The first-order valence-corrected chi connectivity index (χ1v) is 17.9. The predicted molar refractivity (Wildman–Crippen MR) is 225 cm³/mol. The predicted octanol–water partition coefficient (Wildman–Crippen LogP) is 15.0. The van der Waals surface area contributed by atoms with Crippen molar-refractivity contribution < 1.29 is 0 Å². The van der Waals surface area contributed by atoms with Crippen LogP contribution in [-0.2, 0) is 0 Å². The molecule has 0 unspecified atom stereocenters. The van der Waals surface area contributed by atoms with Crippen LogP contribution in [0.5, 0.6) is 0 Å². The Kier molecular flexibility index (Phi) is 9.86. The fourth-order valence-electron chi connectivity index (χ4n) is 7.31. The fourth-order valence-corrected chi connectivity index (χ4v) is 7.31. The van der Waals surface area contributed by atoms with Crippen LogP contribution < -0.4 is 0 Å². The standard InChI is InChI=1S/C49H36.C2H6/c1-3-15-36(16-4-2)48-43-23-10-12-25-45(43)49(46-26-13-11-24-44(46)48)47-33-40(39-22-14-21-38(31-39)34-17-6-5-7-18-34)29-30-42(47)41-28-27-35-19-8-9-20-37(35)32-41;1-2/h3-33H,1H2,2H3;1-2H3/b16-4-,36-15+;. The normalized spacial score (nSPS) is 11.5. The van der Waals surface area contributed by atoms with E-state index in [1.807, 2.05) is 19.9 Å². The van der Waals surface area contributed by atoms with Crippen molar-refractivity contribution in [2.75, 3.05) is 0 Å². The number of rotatable bonds is 7. The summed E-state index contributed by atoms with van der Waals surface area (Å²) < 4.78 is 0. The van der Waals surface area contributed by atoms with E-state index in [4.69, 9.17) is 0 Å². The average Bonchev–Trinajstić information content (AvgIpc) is 3.20. The summed E-state index contributed by atoms with van der Waals surface area (Å²) in [6.07, 6.45) is 8.31. The highest BCUT2D eigenvalue weighted by Gasteiger charge is 2.20. The molecule has 246 valence electrons. The van der Waals surface area contributed by atoms with Crippen LogP contribution in [0.1, 0.15) is 26.3 Å². The van der Waals surface area contributed by atoms with Crippen molar-refractivity contribution in [3.63, 3.8) is 0 Å². The third-order valence-corrected chi connectivity index (χ3v) is 9.52. The van der Waals surface area contributed by atoms with E-state index in [0.717, 1.165) is 5.57 Å².